The third kappa shape index (κ3) is 8.39. The van der Waals surface area contributed by atoms with Crippen molar-refractivity contribution in [3.63, 3.8) is 0 Å². The van der Waals surface area contributed by atoms with E-state index in [2.05, 4.69) is 21.3 Å². The molecule has 2 aromatic rings. The summed E-state index contributed by atoms with van der Waals surface area (Å²) in [5.41, 5.74) is 0.111. The normalized spacial score (nSPS) is 14.4. The van der Waals surface area contributed by atoms with Crippen LogP contribution in [0.5, 0.6) is 5.75 Å². The highest BCUT2D eigenvalue weighted by Gasteiger charge is 2.41. The van der Waals surface area contributed by atoms with E-state index in [4.69, 9.17) is 10.1 Å². The summed E-state index contributed by atoms with van der Waals surface area (Å²) in [5.74, 6) is -2.70. The number of amides is 3. The van der Waals surface area contributed by atoms with Crippen LogP contribution in [0.1, 0.15) is 19.3 Å². The van der Waals surface area contributed by atoms with Crippen molar-refractivity contribution in [1.82, 2.24) is 15.5 Å². The van der Waals surface area contributed by atoms with Gasteiger partial charge in [-0.05, 0) is 37.1 Å². The summed E-state index contributed by atoms with van der Waals surface area (Å²) in [6, 6.07) is 8.35. The van der Waals surface area contributed by atoms with Crippen molar-refractivity contribution < 1.29 is 31.9 Å². The van der Waals surface area contributed by atoms with E-state index in [9.17, 15) is 27.2 Å². The average molecular weight is 537 g/mol. The summed E-state index contributed by atoms with van der Waals surface area (Å²) in [6.07, 6.45) is -2.80. The molecular weight excluding hydrogens is 508 g/mol. The van der Waals surface area contributed by atoms with Gasteiger partial charge in [-0.2, -0.15) is 13.2 Å². The molecule has 2 aromatic carbocycles. The lowest BCUT2D eigenvalue weighted by atomic mass is 10.1. The minimum atomic E-state index is -4.80. The Morgan fingerprint density at radius 3 is 2.39 bits per heavy atom. The number of carbonyl (C=O) groups excluding carboxylic acids is 2. The number of likely N-dealkylation sites (tertiary alicyclic amines) is 1. The van der Waals surface area contributed by atoms with Gasteiger partial charge in [-0.25, -0.2) is 9.18 Å². The van der Waals surface area contributed by atoms with Gasteiger partial charge in [0, 0.05) is 43.7 Å². The Morgan fingerprint density at radius 1 is 1.11 bits per heavy atom. The lowest BCUT2D eigenvalue weighted by Crippen LogP contribution is -2.40. The van der Waals surface area contributed by atoms with Crippen molar-refractivity contribution in [2.24, 2.45) is 0 Å². The number of ether oxygens (including phenoxy) is 1. The standard InChI is InChI=1S/C25H28F4N6O3/c1-31-22(34-24(37)35-11-5-6-12-35)15-21(30)38-19-10-9-17(13-18(19)26)32-20(25(27,28)29)14-23(36)33-16-7-3-2-4-8-16/h2-4,7-10,13,15,20,30-32H,5-6,11-12,14H2,1H3,(H,33,36)(H,34,37)/b22-15+,30-21?. The molecule has 3 rings (SSSR count). The first-order chi connectivity index (χ1) is 18.0. The average Bonchev–Trinajstić information content (AvgIpc) is 3.40. The summed E-state index contributed by atoms with van der Waals surface area (Å²) in [4.78, 5) is 26.0. The molecule has 38 heavy (non-hydrogen) atoms. The molecule has 1 aliphatic rings. The van der Waals surface area contributed by atoms with E-state index in [1.54, 1.807) is 23.1 Å². The Morgan fingerprint density at radius 2 is 1.79 bits per heavy atom. The Hall–Kier alpha value is -4.29. The van der Waals surface area contributed by atoms with Gasteiger partial charge in [0.15, 0.2) is 11.6 Å². The molecule has 13 heteroatoms. The van der Waals surface area contributed by atoms with Gasteiger partial charge < -0.3 is 25.6 Å². The molecule has 0 bridgehead atoms. The monoisotopic (exact) mass is 536 g/mol. The second-order valence-corrected chi connectivity index (χ2v) is 8.40. The Labute approximate surface area is 216 Å². The highest BCUT2D eigenvalue weighted by Crippen LogP contribution is 2.28. The van der Waals surface area contributed by atoms with Gasteiger partial charge in [0.1, 0.15) is 11.9 Å². The second-order valence-electron chi connectivity index (χ2n) is 8.40. The molecule has 9 nitrogen and oxygen atoms in total. The van der Waals surface area contributed by atoms with E-state index in [0.717, 1.165) is 37.1 Å². The van der Waals surface area contributed by atoms with Gasteiger partial charge in [0.05, 0.1) is 6.42 Å². The Kier molecular flexibility index (Phi) is 9.52. The fraction of sp³-hybridized carbons (Fsp3) is 0.320. The summed E-state index contributed by atoms with van der Waals surface area (Å²) in [7, 11) is 1.52. The maximum atomic E-state index is 14.6. The van der Waals surface area contributed by atoms with Crippen molar-refractivity contribution in [1.29, 1.82) is 5.41 Å². The van der Waals surface area contributed by atoms with Gasteiger partial charge in [-0.3, -0.25) is 15.5 Å². The number of hydrogen-bond acceptors (Lipinski definition) is 6. The van der Waals surface area contributed by atoms with E-state index >= 15 is 0 Å². The SMILES string of the molecule is CN/C(=C\C(=N)Oc1ccc(NC(CC(=O)Nc2ccccc2)C(F)(F)F)cc1F)NC(=O)N1CCCC1. The summed E-state index contributed by atoms with van der Waals surface area (Å²) < 4.78 is 60.5. The van der Waals surface area contributed by atoms with Crippen LogP contribution in [-0.4, -0.2) is 55.1 Å². The van der Waals surface area contributed by atoms with Gasteiger partial charge >= 0.3 is 12.2 Å². The van der Waals surface area contributed by atoms with Gasteiger partial charge in [0.2, 0.25) is 11.8 Å². The number of para-hydroxylation sites is 1. The Balaban J connectivity index is 1.62. The number of nitrogens with one attached hydrogen (secondary N) is 5. The molecule has 1 unspecified atom stereocenters. The van der Waals surface area contributed by atoms with Crippen LogP contribution < -0.4 is 26.0 Å². The molecule has 1 saturated heterocycles. The van der Waals surface area contributed by atoms with Gasteiger partial charge in [-0.15, -0.1) is 0 Å². The first kappa shape index (κ1) is 28.3. The van der Waals surface area contributed by atoms with Gasteiger partial charge in [-0.1, -0.05) is 18.2 Å². The maximum absolute atomic E-state index is 14.6. The van der Waals surface area contributed by atoms with Crippen LogP contribution >= 0.6 is 0 Å². The maximum Gasteiger partial charge on any atom is 0.409 e. The minimum absolute atomic E-state index is 0.146. The van der Waals surface area contributed by atoms with Crippen LogP contribution in [0, 0.1) is 11.2 Å². The van der Waals surface area contributed by atoms with E-state index in [0.29, 0.717) is 18.8 Å². The highest BCUT2D eigenvalue weighted by atomic mass is 19.4. The third-order valence-electron chi connectivity index (χ3n) is 5.51. The van der Waals surface area contributed by atoms with Crippen LogP contribution in [0.15, 0.2) is 60.4 Å². The number of alkyl halides is 3. The largest absolute Gasteiger partial charge is 0.436 e. The van der Waals surface area contributed by atoms with E-state index in [-0.39, 0.29) is 17.5 Å². The second kappa shape index (κ2) is 12.8. The summed E-state index contributed by atoms with van der Waals surface area (Å²) in [6.45, 7) is 1.24. The summed E-state index contributed by atoms with van der Waals surface area (Å²) >= 11 is 0. The first-order valence-electron chi connectivity index (χ1n) is 11.7. The van der Waals surface area contributed by atoms with E-state index in [1.165, 1.54) is 19.2 Å². The first-order valence-corrected chi connectivity index (χ1v) is 11.7. The van der Waals surface area contributed by atoms with Crippen LogP contribution in [0.3, 0.4) is 0 Å². The zero-order valence-electron chi connectivity index (χ0n) is 20.5. The lowest BCUT2D eigenvalue weighted by Gasteiger charge is -2.22. The number of rotatable bonds is 9. The van der Waals surface area contributed by atoms with Crippen molar-refractivity contribution >= 4 is 29.2 Å². The topological polar surface area (TPSA) is 119 Å². The molecule has 5 N–H and O–H groups in total. The Bertz CT molecular complexity index is 1170. The number of halogens is 4. The fourth-order valence-corrected chi connectivity index (χ4v) is 3.61. The molecule has 0 saturated carbocycles. The molecule has 0 aliphatic carbocycles. The molecule has 1 atom stereocenters. The summed E-state index contributed by atoms with van der Waals surface area (Å²) in [5, 5.41) is 17.8. The van der Waals surface area contributed by atoms with Crippen molar-refractivity contribution in [2.45, 2.75) is 31.5 Å². The molecule has 0 aromatic heterocycles. The van der Waals surface area contributed by atoms with Crippen LogP contribution in [0.2, 0.25) is 0 Å². The molecule has 1 fully saturated rings. The quantitative estimate of drug-likeness (QED) is 0.185. The van der Waals surface area contributed by atoms with Crippen LogP contribution in [0.4, 0.5) is 33.7 Å². The zero-order valence-corrected chi connectivity index (χ0v) is 20.5. The van der Waals surface area contributed by atoms with Crippen molar-refractivity contribution in [2.75, 3.05) is 30.8 Å². The zero-order chi connectivity index (χ0) is 27.7. The lowest BCUT2D eigenvalue weighted by molar-refractivity contribution is -0.148. The minimum Gasteiger partial charge on any atom is -0.436 e. The number of benzene rings is 2. The van der Waals surface area contributed by atoms with Gasteiger partial charge in [0.25, 0.3) is 0 Å². The number of urea groups is 1. The number of hydrogen-bond donors (Lipinski definition) is 5. The van der Waals surface area contributed by atoms with Crippen molar-refractivity contribution in [3.05, 3.63) is 66.2 Å². The van der Waals surface area contributed by atoms with Crippen LogP contribution in [0.25, 0.3) is 0 Å². The molecule has 0 radical (unpaired) electrons. The predicted octanol–water partition coefficient (Wildman–Crippen LogP) is 4.42. The molecule has 1 aliphatic heterocycles. The highest BCUT2D eigenvalue weighted by molar-refractivity contribution is 5.91. The van der Waals surface area contributed by atoms with E-state index in [1.807, 2.05) is 0 Å². The molecule has 3 amide bonds. The molecule has 0 spiro atoms. The predicted molar refractivity (Wildman–Crippen MR) is 134 cm³/mol. The van der Waals surface area contributed by atoms with Crippen LogP contribution in [-0.2, 0) is 4.79 Å². The van der Waals surface area contributed by atoms with Crippen molar-refractivity contribution in [3.8, 4) is 5.75 Å². The third-order valence-corrected chi connectivity index (χ3v) is 5.51. The number of anilines is 2. The fourth-order valence-electron chi connectivity index (χ4n) is 3.61. The van der Waals surface area contributed by atoms with E-state index < -0.39 is 42.0 Å². The number of nitrogens with zero attached hydrogens (tertiary/aromatic N) is 1. The number of carbonyl (C=O) groups is 2. The molecule has 1 heterocycles. The molecular formula is C25H28F4N6O3. The smallest absolute Gasteiger partial charge is 0.409 e. The molecule has 204 valence electrons.